The Kier molecular flexibility index (Phi) is 3.96. The zero-order valence-electron chi connectivity index (χ0n) is 9.89. The molecule has 0 amide bonds. The minimum Gasteiger partial charge on any atom is -0.362 e. The Morgan fingerprint density at radius 1 is 1.22 bits per heavy atom. The van der Waals surface area contributed by atoms with Crippen molar-refractivity contribution in [1.29, 1.82) is 0 Å². The number of nitrogen functional groups attached to an aromatic ring is 1. The zero-order chi connectivity index (χ0) is 13.0. The van der Waals surface area contributed by atoms with Crippen LogP contribution in [-0.2, 0) is 0 Å². The molecule has 6 heteroatoms. The van der Waals surface area contributed by atoms with E-state index in [1.54, 1.807) is 12.4 Å². The van der Waals surface area contributed by atoms with Crippen molar-refractivity contribution in [3.8, 4) is 0 Å². The molecule has 0 aliphatic rings. The molecule has 2 aromatic rings. The van der Waals surface area contributed by atoms with Gasteiger partial charge in [-0.05, 0) is 18.6 Å². The largest absolute Gasteiger partial charge is 0.362 e. The second-order valence-corrected chi connectivity index (χ2v) is 4.23. The smallest absolute Gasteiger partial charge is 0.160 e. The van der Waals surface area contributed by atoms with Crippen LogP contribution < -0.4 is 16.6 Å². The van der Waals surface area contributed by atoms with E-state index in [0.717, 1.165) is 10.6 Å². The first-order valence-electron chi connectivity index (χ1n) is 5.50. The van der Waals surface area contributed by atoms with Crippen molar-refractivity contribution >= 4 is 23.2 Å². The number of hydrogen-bond acceptors (Lipinski definition) is 5. The van der Waals surface area contributed by atoms with Gasteiger partial charge >= 0.3 is 0 Å². The van der Waals surface area contributed by atoms with E-state index in [1.165, 1.54) is 0 Å². The van der Waals surface area contributed by atoms with E-state index in [0.29, 0.717) is 11.6 Å². The number of halogens is 1. The van der Waals surface area contributed by atoms with E-state index in [2.05, 4.69) is 20.7 Å². The normalized spacial score (nSPS) is 11.9. The lowest BCUT2D eigenvalue weighted by Crippen LogP contribution is -2.12. The third-order valence-electron chi connectivity index (χ3n) is 2.52. The molecule has 0 saturated carbocycles. The van der Waals surface area contributed by atoms with Gasteiger partial charge in [0.25, 0.3) is 0 Å². The first-order valence-corrected chi connectivity index (χ1v) is 5.88. The molecule has 0 radical (unpaired) electrons. The van der Waals surface area contributed by atoms with Gasteiger partial charge in [0.15, 0.2) is 5.82 Å². The Hall–Kier alpha value is -1.85. The first kappa shape index (κ1) is 12.6. The summed E-state index contributed by atoms with van der Waals surface area (Å²) >= 11 is 6.14. The average Bonchev–Trinajstić information content (AvgIpc) is 2.39. The highest BCUT2D eigenvalue weighted by atomic mass is 35.5. The van der Waals surface area contributed by atoms with E-state index < -0.39 is 0 Å². The molecular formula is C12H14ClN5. The van der Waals surface area contributed by atoms with Crippen molar-refractivity contribution < 1.29 is 0 Å². The fourth-order valence-corrected chi connectivity index (χ4v) is 1.93. The van der Waals surface area contributed by atoms with Crippen LogP contribution >= 0.6 is 11.6 Å². The highest BCUT2D eigenvalue weighted by molar-refractivity contribution is 6.31. The molecule has 1 atom stereocenters. The molecule has 1 aromatic heterocycles. The van der Waals surface area contributed by atoms with Gasteiger partial charge in [0.2, 0.25) is 0 Å². The summed E-state index contributed by atoms with van der Waals surface area (Å²) in [6, 6.07) is 7.71. The maximum Gasteiger partial charge on any atom is 0.160 e. The molecule has 0 spiro atoms. The molecule has 18 heavy (non-hydrogen) atoms. The molecule has 4 N–H and O–H groups in total. The number of hydrogen-bond donors (Lipinski definition) is 3. The van der Waals surface area contributed by atoms with Crippen molar-refractivity contribution in [2.75, 3.05) is 10.7 Å². The third kappa shape index (κ3) is 2.88. The summed E-state index contributed by atoms with van der Waals surface area (Å²) in [6.45, 7) is 2.01. The standard InChI is InChI=1S/C12H14ClN5/c1-8(9-4-2-3-5-10(9)13)16-11-6-15-7-12(17-11)18-14/h2-8H,14H2,1H3,(H2,16,17,18). The maximum absolute atomic E-state index is 6.14. The Labute approximate surface area is 110 Å². The molecule has 1 aromatic carbocycles. The third-order valence-corrected chi connectivity index (χ3v) is 2.86. The molecule has 1 heterocycles. The summed E-state index contributed by atoms with van der Waals surface area (Å²) < 4.78 is 0. The number of hydrazine groups is 1. The van der Waals surface area contributed by atoms with Crippen LogP contribution in [0.15, 0.2) is 36.7 Å². The van der Waals surface area contributed by atoms with Gasteiger partial charge in [0.1, 0.15) is 5.82 Å². The molecule has 94 valence electrons. The van der Waals surface area contributed by atoms with Crippen LogP contribution in [0, 0.1) is 0 Å². The first-order chi connectivity index (χ1) is 8.70. The molecular weight excluding hydrogens is 250 g/mol. The van der Waals surface area contributed by atoms with Crippen molar-refractivity contribution in [3.63, 3.8) is 0 Å². The predicted molar refractivity (Wildman–Crippen MR) is 73.3 cm³/mol. The Bertz CT molecular complexity index is 531. The monoisotopic (exact) mass is 263 g/mol. The quantitative estimate of drug-likeness (QED) is 0.584. The molecule has 0 fully saturated rings. The Morgan fingerprint density at radius 3 is 2.67 bits per heavy atom. The lowest BCUT2D eigenvalue weighted by Gasteiger charge is -2.16. The number of rotatable bonds is 4. The molecule has 0 bridgehead atoms. The summed E-state index contributed by atoms with van der Waals surface area (Å²) in [5.41, 5.74) is 3.46. The van der Waals surface area contributed by atoms with Crippen LogP contribution in [-0.4, -0.2) is 9.97 Å². The molecule has 5 nitrogen and oxygen atoms in total. The van der Waals surface area contributed by atoms with Gasteiger partial charge in [-0.25, -0.2) is 10.8 Å². The van der Waals surface area contributed by atoms with Gasteiger partial charge in [-0.15, -0.1) is 0 Å². The van der Waals surface area contributed by atoms with Crippen LogP contribution in [0.1, 0.15) is 18.5 Å². The van der Waals surface area contributed by atoms with Crippen LogP contribution in [0.4, 0.5) is 11.6 Å². The van der Waals surface area contributed by atoms with Crippen LogP contribution in [0.25, 0.3) is 0 Å². The number of aromatic nitrogens is 2. The fourth-order valence-electron chi connectivity index (χ4n) is 1.63. The second-order valence-electron chi connectivity index (χ2n) is 3.82. The molecule has 2 rings (SSSR count). The highest BCUT2D eigenvalue weighted by Crippen LogP contribution is 2.24. The van der Waals surface area contributed by atoms with Crippen LogP contribution in [0.3, 0.4) is 0 Å². The number of anilines is 2. The van der Waals surface area contributed by atoms with E-state index in [1.807, 2.05) is 31.2 Å². The van der Waals surface area contributed by atoms with Gasteiger partial charge in [-0.1, -0.05) is 29.8 Å². The summed E-state index contributed by atoms with van der Waals surface area (Å²) in [5.74, 6) is 6.43. The predicted octanol–water partition coefficient (Wildman–Crippen LogP) is 2.59. The Balaban J connectivity index is 2.16. The lowest BCUT2D eigenvalue weighted by atomic mass is 10.1. The number of nitrogens with two attached hydrogens (primary N) is 1. The van der Waals surface area contributed by atoms with Crippen molar-refractivity contribution in [2.24, 2.45) is 5.84 Å². The van der Waals surface area contributed by atoms with E-state index in [4.69, 9.17) is 17.4 Å². The minimum atomic E-state index is 0.0287. The van der Waals surface area contributed by atoms with Gasteiger partial charge in [-0.3, -0.25) is 4.98 Å². The van der Waals surface area contributed by atoms with E-state index in [-0.39, 0.29) is 6.04 Å². The topological polar surface area (TPSA) is 75.9 Å². The van der Waals surface area contributed by atoms with Crippen molar-refractivity contribution in [2.45, 2.75) is 13.0 Å². The Morgan fingerprint density at radius 2 is 1.94 bits per heavy atom. The van der Waals surface area contributed by atoms with E-state index in [9.17, 15) is 0 Å². The maximum atomic E-state index is 6.14. The van der Waals surface area contributed by atoms with Crippen molar-refractivity contribution in [1.82, 2.24) is 9.97 Å². The molecule has 0 aliphatic carbocycles. The number of benzene rings is 1. The lowest BCUT2D eigenvalue weighted by molar-refractivity contribution is 0.872. The minimum absolute atomic E-state index is 0.0287. The van der Waals surface area contributed by atoms with Crippen LogP contribution in [0.5, 0.6) is 0 Å². The van der Waals surface area contributed by atoms with E-state index >= 15 is 0 Å². The SMILES string of the molecule is CC(Nc1cncc(NN)n1)c1ccccc1Cl. The zero-order valence-corrected chi connectivity index (χ0v) is 10.6. The summed E-state index contributed by atoms with van der Waals surface area (Å²) in [4.78, 5) is 8.26. The average molecular weight is 264 g/mol. The fraction of sp³-hybridized carbons (Fsp3) is 0.167. The van der Waals surface area contributed by atoms with Gasteiger partial charge < -0.3 is 10.7 Å². The van der Waals surface area contributed by atoms with Gasteiger partial charge in [-0.2, -0.15) is 0 Å². The number of nitrogens with zero attached hydrogens (tertiary/aromatic N) is 2. The highest BCUT2D eigenvalue weighted by Gasteiger charge is 2.09. The van der Waals surface area contributed by atoms with Gasteiger partial charge in [0.05, 0.1) is 18.4 Å². The molecule has 0 aliphatic heterocycles. The second kappa shape index (κ2) is 5.66. The number of nitrogens with one attached hydrogen (secondary N) is 2. The summed E-state index contributed by atoms with van der Waals surface area (Å²) in [6.07, 6.45) is 3.18. The molecule has 1 unspecified atom stereocenters. The van der Waals surface area contributed by atoms with Gasteiger partial charge in [0, 0.05) is 5.02 Å². The van der Waals surface area contributed by atoms with Crippen LogP contribution in [0.2, 0.25) is 5.02 Å². The summed E-state index contributed by atoms with van der Waals surface area (Å²) in [5, 5.41) is 3.94. The van der Waals surface area contributed by atoms with Crippen molar-refractivity contribution in [3.05, 3.63) is 47.2 Å². The molecule has 0 saturated heterocycles. The summed E-state index contributed by atoms with van der Waals surface area (Å²) in [7, 11) is 0.